The summed E-state index contributed by atoms with van der Waals surface area (Å²) in [5.74, 6) is 0. The molecular weight excluding hydrogens is 305 g/mol. The highest BCUT2D eigenvalue weighted by Gasteiger charge is 2.10. The van der Waals surface area contributed by atoms with Gasteiger partial charge >= 0.3 is 0 Å². The Kier molecular flexibility index (Phi) is 5.12. The lowest BCUT2D eigenvalue weighted by atomic mass is 10.0. The summed E-state index contributed by atoms with van der Waals surface area (Å²) in [6.45, 7) is 6.02. The van der Waals surface area contributed by atoms with Gasteiger partial charge in [0.2, 0.25) is 0 Å². The van der Waals surface area contributed by atoms with Crippen LogP contribution in [-0.2, 0) is 0 Å². The molecule has 0 fully saturated rings. The second-order valence-electron chi connectivity index (χ2n) is 3.52. The van der Waals surface area contributed by atoms with Crippen molar-refractivity contribution >= 4 is 33.9 Å². The van der Waals surface area contributed by atoms with E-state index < -0.39 is 0 Å². The fraction of sp³-hybridized carbons (Fsp3) is 0.455. The van der Waals surface area contributed by atoms with Gasteiger partial charge in [-0.2, -0.15) is 0 Å². The molecule has 1 nitrogen and oxygen atoms in total. The second kappa shape index (κ2) is 5.88. The molecule has 0 aliphatic carbocycles. The molecule has 3 heteroatoms. The van der Waals surface area contributed by atoms with Crippen molar-refractivity contribution in [2.24, 2.45) is 0 Å². The van der Waals surface area contributed by atoms with Crippen molar-refractivity contribution in [2.45, 2.75) is 25.8 Å². The number of halogens is 1. The first-order valence-corrected chi connectivity index (χ1v) is 6.65. The third-order valence-electron chi connectivity index (χ3n) is 2.20. The van der Waals surface area contributed by atoms with E-state index in [0.717, 1.165) is 12.8 Å². The monoisotopic (exact) mass is 321 g/mol. The highest BCUT2D eigenvalue weighted by Crippen LogP contribution is 2.25. The summed E-state index contributed by atoms with van der Waals surface area (Å²) in [6.07, 6.45) is 2.23. The van der Waals surface area contributed by atoms with Crippen LogP contribution in [0, 0.1) is 2.88 Å². The zero-order valence-electron chi connectivity index (χ0n) is 8.64. The van der Waals surface area contributed by atoms with Crippen molar-refractivity contribution in [3.63, 3.8) is 0 Å². The number of thiophene rings is 1. The molecular formula is C11H16INS. The number of hydrogen-bond donors (Lipinski definition) is 1. The average Bonchev–Trinajstić information content (AvgIpc) is 2.53. The number of rotatable bonds is 5. The van der Waals surface area contributed by atoms with Gasteiger partial charge < -0.3 is 5.32 Å². The van der Waals surface area contributed by atoms with Crippen molar-refractivity contribution in [1.29, 1.82) is 0 Å². The van der Waals surface area contributed by atoms with Crippen molar-refractivity contribution in [1.82, 2.24) is 5.32 Å². The normalized spacial score (nSPS) is 12.8. The van der Waals surface area contributed by atoms with Crippen molar-refractivity contribution in [2.75, 3.05) is 7.05 Å². The van der Waals surface area contributed by atoms with Gasteiger partial charge in [0.15, 0.2) is 0 Å². The Hall–Kier alpha value is 0.130. The first-order valence-electron chi connectivity index (χ1n) is 4.69. The minimum Gasteiger partial charge on any atom is -0.313 e. The van der Waals surface area contributed by atoms with Gasteiger partial charge in [-0.25, -0.2) is 0 Å². The Balaban J connectivity index is 2.58. The summed E-state index contributed by atoms with van der Waals surface area (Å²) in [5.41, 5.74) is 2.67. The van der Waals surface area contributed by atoms with Gasteiger partial charge in [-0.3, -0.25) is 0 Å². The molecule has 0 bridgehead atoms. The Labute approximate surface area is 104 Å². The SMILES string of the molecule is C=C(C)CCC(NC)c1csc(I)c1. The molecule has 0 amide bonds. The van der Waals surface area contributed by atoms with Crippen molar-refractivity contribution in [3.8, 4) is 0 Å². The molecule has 0 aliphatic rings. The maximum Gasteiger partial charge on any atom is 0.0656 e. The third kappa shape index (κ3) is 3.71. The Morgan fingerprint density at radius 2 is 2.43 bits per heavy atom. The van der Waals surface area contributed by atoms with Crippen LogP contribution in [0.3, 0.4) is 0 Å². The van der Waals surface area contributed by atoms with Gasteiger partial charge in [0, 0.05) is 6.04 Å². The zero-order chi connectivity index (χ0) is 10.6. The molecule has 1 aromatic heterocycles. The molecule has 0 spiro atoms. The largest absolute Gasteiger partial charge is 0.313 e. The summed E-state index contributed by atoms with van der Waals surface area (Å²) >= 11 is 4.17. The summed E-state index contributed by atoms with van der Waals surface area (Å²) in [5, 5.41) is 5.59. The molecule has 1 heterocycles. The third-order valence-corrected chi connectivity index (χ3v) is 4.01. The van der Waals surface area contributed by atoms with Crippen molar-refractivity contribution < 1.29 is 0 Å². The van der Waals surface area contributed by atoms with E-state index >= 15 is 0 Å². The zero-order valence-corrected chi connectivity index (χ0v) is 11.6. The maximum absolute atomic E-state index is 3.93. The van der Waals surface area contributed by atoms with Crippen LogP contribution in [0.15, 0.2) is 23.6 Å². The lowest BCUT2D eigenvalue weighted by molar-refractivity contribution is 0.550. The predicted octanol–water partition coefficient (Wildman–Crippen LogP) is 3.97. The molecule has 1 rings (SSSR count). The minimum absolute atomic E-state index is 0.478. The maximum atomic E-state index is 3.93. The summed E-state index contributed by atoms with van der Waals surface area (Å²) in [6, 6.07) is 2.73. The molecule has 78 valence electrons. The second-order valence-corrected chi connectivity index (χ2v) is 6.33. The highest BCUT2D eigenvalue weighted by molar-refractivity contribution is 14.1. The van der Waals surface area contributed by atoms with E-state index in [2.05, 4.69) is 52.9 Å². The molecule has 1 unspecified atom stereocenters. The van der Waals surface area contributed by atoms with Crippen LogP contribution in [0.25, 0.3) is 0 Å². The molecule has 0 saturated carbocycles. The molecule has 1 N–H and O–H groups in total. The fourth-order valence-electron chi connectivity index (χ4n) is 1.37. The van der Waals surface area contributed by atoms with Gasteiger partial charge in [-0.05, 0) is 66.4 Å². The van der Waals surface area contributed by atoms with Gasteiger partial charge in [-0.1, -0.05) is 5.57 Å². The summed E-state index contributed by atoms with van der Waals surface area (Å²) < 4.78 is 1.35. The van der Waals surface area contributed by atoms with Gasteiger partial charge in [-0.15, -0.1) is 17.9 Å². The first-order chi connectivity index (χ1) is 6.63. The van der Waals surface area contributed by atoms with Crippen LogP contribution in [0.1, 0.15) is 31.4 Å². The van der Waals surface area contributed by atoms with Gasteiger partial charge in [0.25, 0.3) is 0 Å². The standard InChI is InChI=1S/C11H16INS/c1-8(2)4-5-10(13-3)9-6-11(12)14-7-9/h6-7,10,13H,1,4-5H2,2-3H3. The van der Waals surface area contributed by atoms with E-state index in [1.807, 2.05) is 7.05 Å². The molecule has 0 radical (unpaired) electrons. The molecule has 0 aliphatic heterocycles. The topological polar surface area (TPSA) is 12.0 Å². The molecule has 1 aromatic rings. The van der Waals surface area contributed by atoms with Crippen LogP contribution in [0.4, 0.5) is 0 Å². The van der Waals surface area contributed by atoms with E-state index in [1.54, 1.807) is 11.3 Å². The van der Waals surface area contributed by atoms with Crippen molar-refractivity contribution in [3.05, 3.63) is 32.0 Å². The summed E-state index contributed by atoms with van der Waals surface area (Å²) in [4.78, 5) is 0. The Morgan fingerprint density at radius 3 is 2.86 bits per heavy atom. The lowest BCUT2D eigenvalue weighted by Gasteiger charge is -2.14. The van der Waals surface area contributed by atoms with E-state index in [9.17, 15) is 0 Å². The first kappa shape index (κ1) is 12.2. The highest BCUT2D eigenvalue weighted by atomic mass is 127. The Morgan fingerprint density at radius 1 is 1.71 bits per heavy atom. The van der Waals surface area contributed by atoms with Crippen LogP contribution >= 0.6 is 33.9 Å². The summed E-state index contributed by atoms with van der Waals surface area (Å²) in [7, 11) is 2.02. The molecule has 14 heavy (non-hydrogen) atoms. The van der Waals surface area contributed by atoms with Crippen LogP contribution < -0.4 is 5.32 Å². The quantitative estimate of drug-likeness (QED) is 0.639. The van der Waals surface area contributed by atoms with Gasteiger partial charge in [0.05, 0.1) is 2.88 Å². The van der Waals surface area contributed by atoms with E-state index in [1.165, 1.54) is 14.0 Å². The van der Waals surface area contributed by atoms with Crippen LogP contribution in [-0.4, -0.2) is 7.05 Å². The molecule has 0 aromatic carbocycles. The fourth-order valence-corrected chi connectivity index (χ4v) is 2.80. The number of allylic oxidation sites excluding steroid dienone is 1. The average molecular weight is 321 g/mol. The smallest absolute Gasteiger partial charge is 0.0656 e. The predicted molar refractivity (Wildman–Crippen MR) is 72.9 cm³/mol. The van der Waals surface area contributed by atoms with Crippen LogP contribution in [0.2, 0.25) is 0 Å². The number of nitrogens with one attached hydrogen (secondary N) is 1. The van der Waals surface area contributed by atoms with E-state index in [0.29, 0.717) is 6.04 Å². The Bertz CT molecular complexity index is 306. The number of hydrogen-bond acceptors (Lipinski definition) is 2. The van der Waals surface area contributed by atoms with Crippen LogP contribution in [0.5, 0.6) is 0 Å². The minimum atomic E-state index is 0.478. The molecule has 0 saturated heterocycles. The van der Waals surface area contributed by atoms with E-state index in [-0.39, 0.29) is 0 Å². The van der Waals surface area contributed by atoms with E-state index in [4.69, 9.17) is 0 Å². The molecule has 1 atom stereocenters. The van der Waals surface area contributed by atoms with Gasteiger partial charge in [0.1, 0.15) is 0 Å². The lowest BCUT2D eigenvalue weighted by Crippen LogP contribution is -2.15.